The molecule has 8 aromatic rings. The van der Waals surface area contributed by atoms with Gasteiger partial charge in [0.05, 0.1) is 0 Å². The third-order valence-corrected chi connectivity index (χ3v) is 10.3. The van der Waals surface area contributed by atoms with Gasteiger partial charge in [-0.05, 0) is 0 Å². The van der Waals surface area contributed by atoms with Gasteiger partial charge in [0.1, 0.15) is 0 Å². The molecule has 3 nitrogen and oxygen atoms in total. The summed E-state index contributed by atoms with van der Waals surface area (Å²) in [6.45, 7) is 0. The van der Waals surface area contributed by atoms with Crippen LogP contribution in [0.15, 0.2) is 152 Å². The number of nitrogens with zero attached hydrogens (tertiary/aromatic N) is 3. The molecule has 0 radical (unpaired) electrons. The van der Waals surface area contributed by atoms with E-state index >= 15 is 0 Å². The van der Waals surface area contributed by atoms with Crippen LogP contribution in [-0.2, 0) is 0 Å². The predicted octanol–water partition coefficient (Wildman–Crippen LogP) is 9.57. The van der Waals surface area contributed by atoms with E-state index in [0.717, 1.165) is 50.3 Å². The third-order valence-electron chi connectivity index (χ3n) is 7.95. The number of hydrogen-bond donors (Lipinski definition) is 0. The van der Waals surface area contributed by atoms with Gasteiger partial charge >= 0.3 is 257 Å². The van der Waals surface area contributed by atoms with E-state index in [1.807, 2.05) is 24.3 Å². The van der Waals surface area contributed by atoms with Crippen molar-refractivity contribution >= 4 is 33.8 Å². The molecule has 0 aliphatic heterocycles. The molecule has 0 amide bonds. The van der Waals surface area contributed by atoms with E-state index in [0.29, 0.717) is 0 Å². The van der Waals surface area contributed by atoms with E-state index in [4.69, 9.17) is 5.10 Å². The van der Waals surface area contributed by atoms with Crippen LogP contribution < -0.4 is 0 Å². The summed E-state index contributed by atoms with van der Waals surface area (Å²) in [5.41, 5.74) is 10.3. The number of hydrogen-bond acceptors (Lipinski definition) is 3. The molecule has 0 aliphatic rings. The molecule has 0 spiro atoms. The third kappa shape index (κ3) is 4.49. The summed E-state index contributed by atoms with van der Waals surface area (Å²) in [7, 11) is 0. The van der Waals surface area contributed by atoms with Crippen LogP contribution in [0.4, 0.5) is 0 Å². The topological polar surface area (TPSA) is 38.7 Å². The Kier molecular flexibility index (Phi) is 6.49. The first-order valence-electron chi connectivity index (χ1n) is 14.3. The summed E-state index contributed by atoms with van der Waals surface area (Å²) in [5.74, 6) is 0. The van der Waals surface area contributed by atoms with Gasteiger partial charge in [0.2, 0.25) is 0 Å². The Hall–Kier alpha value is -5.15. The van der Waals surface area contributed by atoms with Crippen molar-refractivity contribution in [3.05, 3.63) is 152 Å². The first-order valence-corrected chi connectivity index (χ1v) is 16.0. The monoisotopic (exact) mass is 615 g/mol. The van der Waals surface area contributed by atoms with E-state index in [1.165, 1.54) is 24.9 Å². The van der Waals surface area contributed by atoms with Gasteiger partial charge in [-0.15, -0.1) is 0 Å². The second-order valence-electron chi connectivity index (χ2n) is 10.5. The van der Waals surface area contributed by atoms with Gasteiger partial charge in [-0.3, -0.25) is 0 Å². The van der Waals surface area contributed by atoms with Crippen LogP contribution in [0.3, 0.4) is 0 Å². The zero-order valence-corrected chi connectivity index (χ0v) is 24.9. The Labute approximate surface area is 255 Å². The van der Waals surface area contributed by atoms with Crippen LogP contribution in [-0.4, -0.2) is 29.9 Å². The Morgan fingerprint density at radius 2 is 0.930 bits per heavy atom. The zero-order chi connectivity index (χ0) is 28.6. The van der Waals surface area contributed by atoms with E-state index in [9.17, 15) is 0 Å². The number of rotatable bonds is 5. The average molecular weight is 615 g/mol. The Morgan fingerprint density at radius 3 is 1.70 bits per heavy atom. The molecule has 0 N–H and O–H groups in total. The quantitative estimate of drug-likeness (QED) is 0.181. The van der Waals surface area contributed by atoms with Crippen LogP contribution in [0.25, 0.3) is 75.2 Å². The van der Waals surface area contributed by atoms with Crippen LogP contribution in [0, 0.1) is 0 Å². The fourth-order valence-electron chi connectivity index (χ4n) is 6.06. The molecule has 2 aromatic heterocycles. The molecular weight excluding hydrogens is 589 g/mol. The van der Waals surface area contributed by atoms with Gasteiger partial charge < -0.3 is 0 Å². The molecule has 2 heterocycles. The van der Waals surface area contributed by atoms with Gasteiger partial charge in [0, 0.05) is 0 Å². The van der Waals surface area contributed by atoms with E-state index in [1.54, 1.807) is 0 Å². The summed E-state index contributed by atoms with van der Waals surface area (Å²) in [6.07, 6.45) is 0. The number of fused-ring (bicyclic) bond motifs is 3. The fraction of sp³-hybridized carbons (Fsp3) is 0. The Bertz CT molecular complexity index is 2220. The van der Waals surface area contributed by atoms with Crippen LogP contribution in [0.2, 0.25) is 0 Å². The first-order chi connectivity index (χ1) is 21.4. The molecule has 6 aromatic carbocycles. The van der Waals surface area contributed by atoms with Crippen molar-refractivity contribution in [1.29, 1.82) is 0 Å². The van der Waals surface area contributed by atoms with Crippen molar-refractivity contribution in [2.75, 3.05) is 0 Å². The summed E-state index contributed by atoms with van der Waals surface area (Å²) in [5, 5.41) is 16.6. The second kappa shape index (κ2) is 10.9. The summed E-state index contributed by atoms with van der Waals surface area (Å²) < 4.78 is 2.84. The second-order valence-corrected chi connectivity index (χ2v) is 12.7. The van der Waals surface area contributed by atoms with Crippen molar-refractivity contribution in [3.8, 4) is 55.9 Å². The van der Waals surface area contributed by atoms with Gasteiger partial charge in [-0.25, -0.2) is 0 Å². The molecule has 202 valence electrons. The molecule has 8 rings (SSSR count). The van der Waals surface area contributed by atoms with Crippen molar-refractivity contribution in [2.45, 2.75) is 0 Å². The Balaban J connectivity index is 1.52. The molecule has 0 bridgehead atoms. The molecule has 0 saturated carbocycles. The molecule has 0 saturated heterocycles. The van der Waals surface area contributed by atoms with Gasteiger partial charge in [0.15, 0.2) is 0 Å². The van der Waals surface area contributed by atoms with Crippen molar-refractivity contribution in [1.82, 2.24) is 15.4 Å². The Morgan fingerprint density at radius 1 is 0.372 bits per heavy atom. The van der Waals surface area contributed by atoms with Crippen molar-refractivity contribution in [3.63, 3.8) is 0 Å². The van der Waals surface area contributed by atoms with E-state index < -0.39 is 0 Å². The molecule has 43 heavy (non-hydrogen) atoms. The van der Waals surface area contributed by atoms with Crippen LogP contribution >= 0.6 is 0 Å². The average Bonchev–Trinajstić information content (AvgIpc) is 3.48. The summed E-state index contributed by atoms with van der Waals surface area (Å²) in [6, 6.07) is 53.5. The maximum atomic E-state index is 4.86. The first kappa shape index (κ1) is 25.6. The minimum atomic E-state index is 0.269. The van der Waals surface area contributed by atoms with E-state index in [2.05, 4.69) is 138 Å². The molecule has 0 atom stereocenters. The SMILES string of the molecule is c1ccc(-c2cccc(-c3cccc4[se]c5ccccc5c34)c2-c2nnnc(-c3ccccc3)c2-c2ccccc2)cc1. The number of aromatic nitrogens is 3. The van der Waals surface area contributed by atoms with Crippen molar-refractivity contribution in [2.24, 2.45) is 0 Å². The molecule has 0 fully saturated rings. The normalized spacial score (nSPS) is 11.3. The standard InChI is InChI=1S/C39H25N3Se/c1-4-14-26(15-5-1)29-21-12-22-31(30-23-13-25-34-36(30)32-20-10-11-24-33(32)43-34)37(29)39-35(27-16-6-2-7-17-27)38(40-42-41-39)28-18-8-3-9-19-28/h1-25H. The number of benzene rings is 6. The zero-order valence-electron chi connectivity index (χ0n) is 23.2. The minimum absolute atomic E-state index is 0.269. The van der Waals surface area contributed by atoms with Crippen molar-refractivity contribution < 1.29 is 0 Å². The van der Waals surface area contributed by atoms with Gasteiger partial charge in [0.25, 0.3) is 0 Å². The fourth-order valence-corrected chi connectivity index (χ4v) is 8.44. The van der Waals surface area contributed by atoms with Gasteiger partial charge in [-0.1, -0.05) is 0 Å². The summed E-state index contributed by atoms with van der Waals surface area (Å²) in [4.78, 5) is 0. The van der Waals surface area contributed by atoms with Crippen LogP contribution in [0.5, 0.6) is 0 Å². The maximum absolute atomic E-state index is 4.86. The van der Waals surface area contributed by atoms with E-state index in [-0.39, 0.29) is 14.5 Å². The van der Waals surface area contributed by atoms with Crippen LogP contribution in [0.1, 0.15) is 0 Å². The molecule has 4 heteroatoms. The molecule has 0 aliphatic carbocycles. The van der Waals surface area contributed by atoms with Gasteiger partial charge in [-0.2, -0.15) is 0 Å². The summed E-state index contributed by atoms with van der Waals surface area (Å²) >= 11 is 0.269. The molecule has 0 unspecified atom stereocenters. The molecular formula is C39H25N3Se. The predicted molar refractivity (Wildman–Crippen MR) is 179 cm³/mol.